The molecule has 1 unspecified atom stereocenters. The fraction of sp³-hybridized carbons (Fsp3) is 0.385. The molecule has 18 heavy (non-hydrogen) atoms. The van der Waals surface area contributed by atoms with Gasteiger partial charge in [-0.1, -0.05) is 6.07 Å². The number of rotatable bonds is 3. The Hall–Kier alpha value is -1.49. The standard InChI is InChI=1S/C13H15NO3S/c1-3-17-12(15)7-11-13(16)14-9-5-4-8(2)6-10(9)18-11/h4-6,11H,3,7H2,1-2H3,(H,14,16). The highest BCUT2D eigenvalue weighted by Gasteiger charge is 2.29. The average Bonchev–Trinajstić information content (AvgIpc) is 2.31. The Balaban J connectivity index is 2.12. The quantitative estimate of drug-likeness (QED) is 0.852. The Kier molecular flexibility index (Phi) is 3.91. The minimum absolute atomic E-state index is 0.109. The number of ether oxygens (including phenoxy) is 1. The normalized spacial score (nSPS) is 17.9. The molecule has 0 aromatic heterocycles. The van der Waals surface area contributed by atoms with Crippen LogP contribution in [0.4, 0.5) is 5.69 Å². The molecule has 0 spiro atoms. The van der Waals surface area contributed by atoms with Crippen LogP contribution in [0.25, 0.3) is 0 Å². The summed E-state index contributed by atoms with van der Waals surface area (Å²) in [6.45, 7) is 4.09. The van der Waals surface area contributed by atoms with Gasteiger partial charge in [-0.15, -0.1) is 11.8 Å². The Morgan fingerprint density at radius 2 is 2.28 bits per heavy atom. The lowest BCUT2D eigenvalue weighted by molar-refractivity contribution is -0.143. The minimum atomic E-state index is -0.404. The molecular weight excluding hydrogens is 250 g/mol. The Morgan fingerprint density at radius 1 is 1.50 bits per heavy atom. The van der Waals surface area contributed by atoms with Crippen LogP contribution in [0.2, 0.25) is 0 Å². The van der Waals surface area contributed by atoms with Crippen LogP contribution in [0, 0.1) is 6.92 Å². The van der Waals surface area contributed by atoms with Crippen molar-refractivity contribution in [1.82, 2.24) is 0 Å². The summed E-state index contributed by atoms with van der Waals surface area (Å²) in [7, 11) is 0. The zero-order valence-electron chi connectivity index (χ0n) is 10.4. The molecule has 1 atom stereocenters. The SMILES string of the molecule is CCOC(=O)CC1Sc2cc(C)ccc2NC1=O. The molecule has 1 amide bonds. The van der Waals surface area contributed by atoms with Crippen molar-refractivity contribution in [2.75, 3.05) is 11.9 Å². The van der Waals surface area contributed by atoms with E-state index in [-0.39, 0.29) is 18.3 Å². The second kappa shape index (κ2) is 5.44. The van der Waals surface area contributed by atoms with Gasteiger partial charge in [0.15, 0.2) is 0 Å². The third-order valence-corrected chi connectivity index (χ3v) is 3.87. The lowest BCUT2D eigenvalue weighted by atomic mass is 10.2. The Morgan fingerprint density at radius 3 is 3.00 bits per heavy atom. The topological polar surface area (TPSA) is 55.4 Å². The maximum absolute atomic E-state index is 11.8. The highest BCUT2D eigenvalue weighted by Crippen LogP contribution is 2.37. The molecule has 1 aliphatic heterocycles. The van der Waals surface area contributed by atoms with E-state index in [2.05, 4.69) is 5.32 Å². The van der Waals surface area contributed by atoms with E-state index in [1.807, 2.05) is 25.1 Å². The summed E-state index contributed by atoms with van der Waals surface area (Å²) in [4.78, 5) is 24.3. The predicted octanol–water partition coefficient (Wildman–Crippen LogP) is 2.36. The van der Waals surface area contributed by atoms with Gasteiger partial charge < -0.3 is 10.1 Å². The number of esters is 1. The highest BCUT2D eigenvalue weighted by atomic mass is 32.2. The van der Waals surface area contributed by atoms with Gasteiger partial charge >= 0.3 is 5.97 Å². The van der Waals surface area contributed by atoms with Crippen LogP contribution in [-0.2, 0) is 14.3 Å². The number of anilines is 1. The molecule has 1 heterocycles. The molecule has 96 valence electrons. The van der Waals surface area contributed by atoms with Crippen molar-refractivity contribution in [3.63, 3.8) is 0 Å². The summed E-state index contributed by atoms with van der Waals surface area (Å²) in [5.74, 6) is -0.467. The number of carbonyl (C=O) groups is 2. The van der Waals surface area contributed by atoms with Crippen molar-refractivity contribution in [2.24, 2.45) is 0 Å². The molecule has 5 heteroatoms. The van der Waals surface area contributed by atoms with Crippen LogP contribution in [0.15, 0.2) is 23.1 Å². The molecule has 1 aromatic carbocycles. The van der Waals surface area contributed by atoms with Gasteiger partial charge in [0.05, 0.1) is 24.0 Å². The van der Waals surface area contributed by atoms with Gasteiger partial charge in [0.1, 0.15) is 0 Å². The molecule has 4 nitrogen and oxygen atoms in total. The molecule has 1 aliphatic rings. The van der Waals surface area contributed by atoms with Gasteiger partial charge in [-0.05, 0) is 31.5 Å². The smallest absolute Gasteiger partial charge is 0.307 e. The number of carbonyl (C=O) groups excluding carboxylic acids is 2. The van der Waals surface area contributed by atoms with Crippen molar-refractivity contribution in [3.8, 4) is 0 Å². The fourth-order valence-corrected chi connectivity index (χ4v) is 2.95. The first-order valence-corrected chi connectivity index (χ1v) is 6.72. The number of fused-ring (bicyclic) bond motifs is 1. The van der Waals surface area contributed by atoms with Crippen LogP contribution >= 0.6 is 11.8 Å². The van der Waals surface area contributed by atoms with E-state index >= 15 is 0 Å². The van der Waals surface area contributed by atoms with Gasteiger partial charge in [-0.25, -0.2) is 0 Å². The lowest BCUT2D eigenvalue weighted by Crippen LogP contribution is -2.31. The van der Waals surface area contributed by atoms with E-state index < -0.39 is 5.25 Å². The summed E-state index contributed by atoms with van der Waals surface area (Å²) in [6.07, 6.45) is 0.109. The number of aryl methyl sites for hydroxylation is 1. The molecule has 1 aromatic rings. The highest BCUT2D eigenvalue weighted by molar-refractivity contribution is 8.01. The second-order valence-electron chi connectivity index (χ2n) is 4.10. The number of hydrogen-bond donors (Lipinski definition) is 1. The molecule has 0 saturated carbocycles. The molecule has 0 bridgehead atoms. The largest absolute Gasteiger partial charge is 0.466 e. The monoisotopic (exact) mass is 265 g/mol. The fourth-order valence-electron chi connectivity index (χ4n) is 1.76. The lowest BCUT2D eigenvalue weighted by Gasteiger charge is -2.23. The van der Waals surface area contributed by atoms with Gasteiger partial charge in [-0.3, -0.25) is 9.59 Å². The van der Waals surface area contributed by atoms with Gasteiger partial charge in [0.25, 0.3) is 0 Å². The van der Waals surface area contributed by atoms with Crippen molar-refractivity contribution in [3.05, 3.63) is 23.8 Å². The van der Waals surface area contributed by atoms with Crippen molar-refractivity contribution >= 4 is 29.3 Å². The van der Waals surface area contributed by atoms with Gasteiger partial charge in [0, 0.05) is 4.90 Å². The molecule has 0 aliphatic carbocycles. The number of nitrogens with one attached hydrogen (secondary N) is 1. The van der Waals surface area contributed by atoms with E-state index in [9.17, 15) is 9.59 Å². The molecule has 0 saturated heterocycles. The number of benzene rings is 1. The van der Waals surface area contributed by atoms with Crippen molar-refractivity contribution in [2.45, 2.75) is 30.4 Å². The zero-order chi connectivity index (χ0) is 13.1. The van der Waals surface area contributed by atoms with Crippen LogP contribution in [0.3, 0.4) is 0 Å². The zero-order valence-corrected chi connectivity index (χ0v) is 11.2. The van der Waals surface area contributed by atoms with Crippen LogP contribution in [0.1, 0.15) is 18.9 Å². The maximum atomic E-state index is 11.8. The van der Waals surface area contributed by atoms with Gasteiger partial charge in [-0.2, -0.15) is 0 Å². The number of thioether (sulfide) groups is 1. The summed E-state index contributed by atoms with van der Waals surface area (Å²) >= 11 is 1.42. The first-order valence-electron chi connectivity index (χ1n) is 5.84. The first-order chi connectivity index (χ1) is 8.60. The van der Waals surface area contributed by atoms with E-state index in [1.54, 1.807) is 6.92 Å². The average molecular weight is 265 g/mol. The van der Waals surface area contributed by atoms with Crippen LogP contribution in [0.5, 0.6) is 0 Å². The van der Waals surface area contributed by atoms with E-state index in [4.69, 9.17) is 4.74 Å². The maximum Gasteiger partial charge on any atom is 0.307 e. The van der Waals surface area contributed by atoms with E-state index in [1.165, 1.54) is 11.8 Å². The summed E-state index contributed by atoms with van der Waals surface area (Å²) < 4.78 is 4.87. The number of hydrogen-bond acceptors (Lipinski definition) is 4. The van der Waals surface area contributed by atoms with E-state index in [0.29, 0.717) is 6.61 Å². The minimum Gasteiger partial charge on any atom is -0.466 e. The third kappa shape index (κ3) is 2.85. The second-order valence-corrected chi connectivity index (χ2v) is 5.35. The van der Waals surface area contributed by atoms with E-state index in [0.717, 1.165) is 16.1 Å². The molecule has 2 rings (SSSR count). The van der Waals surface area contributed by atoms with Gasteiger partial charge in [0.2, 0.25) is 5.91 Å². The van der Waals surface area contributed by atoms with Crippen LogP contribution < -0.4 is 5.32 Å². The molecule has 1 N–H and O–H groups in total. The predicted molar refractivity (Wildman–Crippen MR) is 70.7 cm³/mol. The van der Waals surface area contributed by atoms with Crippen molar-refractivity contribution < 1.29 is 14.3 Å². The molecule has 0 radical (unpaired) electrons. The first kappa shape index (κ1) is 13.0. The summed E-state index contributed by atoms with van der Waals surface area (Å²) in [5, 5.41) is 2.41. The third-order valence-electron chi connectivity index (χ3n) is 2.61. The summed E-state index contributed by atoms with van der Waals surface area (Å²) in [6, 6.07) is 5.85. The summed E-state index contributed by atoms with van der Waals surface area (Å²) in [5.41, 5.74) is 1.95. The van der Waals surface area contributed by atoms with Crippen LogP contribution in [-0.4, -0.2) is 23.7 Å². The Labute approximate surface area is 110 Å². The van der Waals surface area contributed by atoms with Crippen molar-refractivity contribution in [1.29, 1.82) is 0 Å². The molecular formula is C13H15NO3S. The number of amides is 1. The Bertz CT molecular complexity index is 487. The molecule has 0 fully saturated rings.